The van der Waals surface area contributed by atoms with Crippen LogP contribution < -0.4 is 5.32 Å². The van der Waals surface area contributed by atoms with E-state index in [4.69, 9.17) is 4.74 Å². The summed E-state index contributed by atoms with van der Waals surface area (Å²) in [4.78, 5) is 0.456. The van der Waals surface area contributed by atoms with Crippen LogP contribution in [0.25, 0.3) is 0 Å². The number of hydrogen-bond donors (Lipinski definition) is 1. The van der Waals surface area contributed by atoms with E-state index in [1.165, 1.54) is 0 Å². The van der Waals surface area contributed by atoms with Gasteiger partial charge in [0.1, 0.15) is 11.9 Å². The smallest absolute Gasteiger partial charge is 0.115 e. The summed E-state index contributed by atoms with van der Waals surface area (Å²) in [5.74, 6) is 1.57. The molecule has 0 saturated carbocycles. The Hall–Kier alpha value is -0.280. The zero-order valence-electron chi connectivity index (χ0n) is 9.08. The molecule has 2 nitrogen and oxygen atoms in total. The minimum Gasteiger partial charge on any atom is -0.491 e. The Morgan fingerprint density at radius 2 is 2.13 bits per heavy atom. The highest BCUT2D eigenvalue weighted by Crippen LogP contribution is 2.25. The fraction of sp³-hybridized carbons (Fsp3) is 0.667. The second kappa shape index (κ2) is 5.17. The number of ether oxygens (including phenoxy) is 1. The second-order valence-corrected chi connectivity index (χ2v) is 5.36. The van der Waals surface area contributed by atoms with Gasteiger partial charge >= 0.3 is 0 Å². The summed E-state index contributed by atoms with van der Waals surface area (Å²) in [5.41, 5.74) is 0. The first-order valence-corrected chi connectivity index (χ1v) is 6.59. The highest BCUT2D eigenvalue weighted by Gasteiger charge is 2.18. The molecule has 1 heterocycles. The molecule has 2 rings (SSSR count). The number of allylic oxidation sites excluding steroid dienone is 3. The predicted molar refractivity (Wildman–Crippen MR) is 66.1 cm³/mol. The zero-order valence-corrected chi connectivity index (χ0v) is 10.7. The number of halogens is 1. The number of alkyl halides is 1. The SMILES string of the molecule is CC1C=C(OC2CCNCC2)C=CC1Br. The van der Waals surface area contributed by atoms with Gasteiger partial charge in [-0.2, -0.15) is 0 Å². The van der Waals surface area contributed by atoms with E-state index in [1.54, 1.807) is 0 Å². The molecular weight excluding hydrogens is 254 g/mol. The van der Waals surface area contributed by atoms with Gasteiger partial charge in [-0.15, -0.1) is 0 Å². The first-order valence-electron chi connectivity index (χ1n) is 5.67. The monoisotopic (exact) mass is 271 g/mol. The number of hydrogen-bond acceptors (Lipinski definition) is 2. The van der Waals surface area contributed by atoms with Crippen molar-refractivity contribution in [2.24, 2.45) is 5.92 Å². The van der Waals surface area contributed by atoms with Gasteiger partial charge in [0, 0.05) is 4.83 Å². The maximum atomic E-state index is 5.96. The van der Waals surface area contributed by atoms with Gasteiger partial charge in [-0.3, -0.25) is 0 Å². The van der Waals surface area contributed by atoms with Crippen molar-refractivity contribution in [1.82, 2.24) is 5.32 Å². The normalized spacial score (nSPS) is 32.5. The van der Waals surface area contributed by atoms with Crippen LogP contribution >= 0.6 is 15.9 Å². The van der Waals surface area contributed by atoms with Crippen molar-refractivity contribution >= 4 is 15.9 Å². The second-order valence-electron chi connectivity index (χ2n) is 4.30. The maximum absolute atomic E-state index is 5.96. The first-order chi connectivity index (χ1) is 7.25. The summed E-state index contributed by atoms with van der Waals surface area (Å²) in [6.07, 6.45) is 9.11. The number of rotatable bonds is 2. The summed E-state index contributed by atoms with van der Waals surface area (Å²) < 4.78 is 5.96. The lowest BCUT2D eigenvalue weighted by Gasteiger charge is -2.26. The Morgan fingerprint density at radius 3 is 2.80 bits per heavy atom. The lowest BCUT2D eigenvalue weighted by molar-refractivity contribution is 0.0941. The third kappa shape index (κ3) is 3.08. The van der Waals surface area contributed by atoms with Crippen molar-refractivity contribution in [1.29, 1.82) is 0 Å². The van der Waals surface area contributed by atoms with Crippen LogP contribution in [-0.2, 0) is 4.74 Å². The van der Waals surface area contributed by atoms with Crippen LogP contribution in [0, 0.1) is 5.92 Å². The fourth-order valence-corrected chi connectivity index (χ4v) is 2.26. The molecule has 0 spiro atoms. The minimum absolute atomic E-state index is 0.404. The molecule has 1 fully saturated rings. The molecular formula is C12H18BrNO. The first kappa shape index (κ1) is 11.2. The van der Waals surface area contributed by atoms with Gasteiger partial charge in [0.25, 0.3) is 0 Å². The van der Waals surface area contributed by atoms with E-state index in [9.17, 15) is 0 Å². The van der Waals surface area contributed by atoms with Crippen LogP contribution in [0.15, 0.2) is 24.0 Å². The quantitative estimate of drug-likeness (QED) is 0.780. The minimum atomic E-state index is 0.404. The Balaban J connectivity index is 1.89. The van der Waals surface area contributed by atoms with Gasteiger partial charge < -0.3 is 10.1 Å². The zero-order chi connectivity index (χ0) is 10.7. The highest BCUT2D eigenvalue weighted by atomic mass is 79.9. The van der Waals surface area contributed by atoms with E-state index in [0.29, 0.717) is 16.8 Å². The van der Waals surface area contributed by atoms with E-state index in [0.717, 1.165) is 31.7 Å². The standard InChI is InChI=1S/C12H18BrNO/c1-9-8-11(2-3-12(9)13)15-10-4-6-14-7-5-10/h2-3,8-10,12,14H,4-7H2,1H3. The van der Waals surface area contributed by atoms with Crippen LogP contribution in [0.5, 0.6) is 0 Å². The van der Waals surface area contributed by atoms with Gasteiger partial charge in [-0.1, -0.05) is 28.9 Å². The molecule has 1 aliphatic carbocycles. The molecule has 0 aromatic heterocycles. The van der Waals surface area contributed by atoms with Crippen LogP contribution in [0.2, 0.25) is 0 Å². The Bertz CT molecular complexity index is 269. The molecule has 0 bridgehead atoms. The van der Waals surface area contributed by atoms with Gasteiger partial charge in [0.15, 0.2) is 0 Å². The van der Waals surface area contributed by atoms with Crippen molar-refractivity contribution in [2.75, 3.05) is 13.1 Å². The molecule has 2 atom stereocenters. The molecule has 0 amide bonds. The van der Waals surface area contributed by atoms with E-state index in [2.05, 4.69) is 46.4 Å². The van der Waals surface area contributed by atoms with Crippen LogP contribution in [0.3, 0.4) is 0 Å². The van der Waals surface area contributed by atoms with E-state index in [-0.39, 0.29) is 0 Å². The maximum Gasteiger partial charge on any atom is 0.115 e. The van der Waals surface area contributed by atoms with Crippen LogP contribution in [0.4, 0.5) is 0 Å². The Labute approximate surface area is 99.9 Å². The van der Waals surface area contributed by atoms with Crippen LogP contribution in [0.1, 0.15) is 19.8 Å². The highest BCUT2D eigenvalue weighted by molar-refractivity contribution is 9.09. The predicted octanol–water partition coefficient (Wildman–Crippen LogP) is 2.61. The third-order valence-corrected chi connectivity index (χ3v) is 4.10. The summed E-state index contributed by atoms with van der Waals surface area (Å²) in [5, 5.41) is 3.34. The summed E-state index contributed by atoms with van der Waals surface area (Å²) >= 11 is 3.61. The topological polar surface area (TPSA) is 21.3 Å². The van der Waals surface area contributed by atoms with Crippen molar-refractivity contribution in [2.45, 2.75) is 30.7 Å². The summed E-state index contributed by atoms with van der Waals surface area (Å²) in [6.45, 7) is 4.37. The lowest BCUT2D eigenvalue weighted by atomic mass is 10.0. The van der Waals surface area contributed by atoms with Gasteiger partial charge in [0.05, 0.1) is 0 Å². The van der Waals surface area contributed by atoms with Crippen molar-refractivity contribution in [3.63, 3.8) is 0 Å². The largest absolute Gasteiger partial charge is 0.491 e. The average Bonchev–Trinajstić information content (AvgIpc) is 2.25. The number of piperidine rings is 1. The van der Waals surface area contributed by atoms with E-state index in [1.807, 2.05) is 0 Å². The molecule has 15 heavy (non-hydrogen) atoms. The van der Waals surface area contributed by atoms with E-state index < -0.39 is 0 Å². The van der Waals surface area contributed by atoms with Crippen LogP contribution in [-0.4, -0.2) is 24.0 Å². The van der Waals surface area contributed by atoms with Gasteiger partial charge in [-0.25, -0.2) is 0 Å². The van der Waals surface area contributed by atoms with Crippen molar-refractivity contribution in [3.8, 4) is 0 Å². The molecule has 1 saturated heterocycles. The molecule has 0 aromatic rings. The summed E-state index contributed by atoms with van der Waals surface area (Å²) in [7, 11) is 0. The van der Waals surface area contributed by atoms with Crippen molar-refractivity contribution < 1.29 is 4.74 Å². The Kier molecular flexibility index (Phi) is 3.87. The van der Waals surface area contributed by atoms with E-state index >= 15 is 0 Å². The third-order valence-electron chi connectivity index (χ3n) is 2.96. The van der Waals surface area contributed by atoms with Gasteiger partial charge in [0.2, 0.25) is 0 Å². The van der Waals surface area contributed by atoms with Gasteiger partial charge in [-0.05, 0) is 44.0 Å². The number of nitrogens with one attached hydrogen (secondary N) is 1. The molecule has 2 aliphatic rings. The lowest BCUT2D eigenvalue weighted by Crippen LogP contribution is -2.32. The average molecular weight is 272 g/mol. The molecule has 1 aliphatic heterocycles. The Morgan fingerprint density at radius 1 is 1.40 bits per heavy atom. The summed E-state index contributed by atoms with van der Waals surface area (Å²) in [6, 6.07) is 0. The molecule has 1 N–H and O–H groups in total. The molecule has 0 radical (unpaired) electrons. The molecule has 3 heteroatoms. The molecule has 84 valence electrons. The molecule has 2 unspecified atom stereocenters. The fourth-order valence-electron chi connectivity index (χ4n) is 1.95. The molecule has 0 aromatic carbocycles. The van der Waals surface area contributed by atoms with Crippen molar-refractivity contribution in [3.05, 3.63) is 24.0 Å².